The summed E-state index contributed by atoms with van der Waals surface area (Å²) in [6.07, 6.45) is 0. The Morgan fingerprint density at radius 2 is 1.79 bits per heavy atom. The molecule has 0 fully saturated rings. The number of hydrogen-bond donors (Lipinski definition) is 1. The van der Waals surface area contributed by atoms with Gasteiger partial charge >= 0.3 is 5.97 Å². The van der Waals surface area contributed by atoms with E-state index in [2.05, 4.69) is 5.32 Å². The molecule has 2 aromatic rings. The lowest BCUT2D eigenvalue weighted by molar-refractivity contribution is -0.384. The molecule has 0 heterocycles. The predicted molar refractivity (Wildman–Crippen MR) is 102 cm³/mol. The lowest BCUT2D eigenvalue weighted by Gasteiger charge is -2.20. The van der Waals surface area contributed by atoms with E-state index in [1.807, 2.05) is 6.92 Å². The van der Waals surface area contributed by atoms with Crippen molar-refractivity contribution in [1.82, 2.24) is 5.32 Å². The Balaban J connectivity index is 2.09. The first-order chi connectivity index (χ1) is 13.3. The van der Waals surface area contributed by atoms with Crippen LogP contribution in [0.5, 0.6) is 11.5 Å². The van der Waals surface area contributed by atoms with Crippen molar-refractivity contribution in [3.05, 3.63) is 64.2 Å². The summed E-state index contributed by atoms with van der Waals surface area (Å²) in [7, 11) is 0. The Labute approximate surface area is 162 Å². The van der Waals surface area contributed by atoms with E-state index in [0.717, 1.165) is 6.07 Å². The molecule has 0 unspecified atom stereocenters. The summed E-state index contributed by atoms with van der Waals surface area (Å²) in [5.74, 6) is -0.699. The summed E-state index contributed by atoms with van der Waals surface area (Å²) < 4.78 is 10.6. The third-order valence-electron chi connectivity index (χ3n) is 3.88. The minimum atomic E-state index is -0.918. The Kier molecular flexibility index (Phi) is 7.08. The molecule has 0 aliphatic carbocycles. The van der Waals surface area contributed by atoms with Crippen LogP contribution < -0.4 is 14.8 Å². The van der Waals surface area contributed by atoms with Gasteiger partial charge in [-0.15, -0.1) is 0 Å². The number of nitrogens with one attached hydrogen (secondary N) is 1. The number of carbonyl (C=O) groups is 2. The second-order valence-electron chi connectivity index (χ2n) is 6.33. The van der Waals surface area contributed by atoms with Crippen LogP contribution in [0.2, 0.25) is 0 Å². The van der Waals surface area contributed by atoms with Crippen molar-refractivity contribution in [3.8, 4) is 11.5 Å². The van der Waals surface area contributed by atoms with Crippen molar-refractivity contribution in [3.63, 3.8) is 0 Å². The predicted octanol–water partition coefficient (Wildman–Crippen LogP) is 3.35. The molecule has 0 spiro atoms. The average molecular weight is 386 g/mol. The fraction of sp³-hybridized carbons (Fsp3) is 0.300. The monoisotopic (exact) mass is 386 g/mol. The number of esters is 1. The first-order valence-corrected chi connectivity index (χ1v) is 8.81. The van der Waals surface area contributed by atoms with Gasteiger partial charge in [-0.05, 0) is 43.2 Å². The molecule has 2 aromatic carbocycles. The highest BCUT2D eigenvalue weighted by Crippen LogP contribution is 2.20. The third-order valence-corrected chi connectivity index (χ3v) is 3.88. The van der Waals surface area contributed by atoms with Gasteiger partial charge in [0.1, 0.15) is 17.5 Å². The van der Waals surface area contributed by atoms with Crippen molar-refractivity contribution in [2.24, 2.45) is 5.92 Å². The van der Waals surface area contributed by atoms with E-state index in [1.54, 1.807) is 38.1 Å². The van der Waals surface area contributed by atoms with E-state index in [1.165, 1.54) is 18.2 Å². The van der Waals surface area contributed by atoms with Gasteiger partial charge in [0.2, 0.25) is 0 Å². The molecule has 0 aromatic heterocycles. The van der Waals surface area contributed by atoms with Gasteiger partial charge in [-0.3, -0.25) is 14.9 Å². The third kappa shape index (κ3) is 5.54. The summed E-state index contributed by atoms with van der Waals surface area (Å²) in [6, 6.07) is 10.9. The van der Waals surface area contributed by atoms with Gasteiger partial charge in [-0.1, -0.05) is 19.9 Å². The van der Waals surface area contributed by atoms with E-state index in [0.29, 0.717) is 17.9 Å². The Morgan fingerprint density at radius 1 is 1.11 bits per heavy atom. The topological polar surface area (TPSA) is 108 Å². The summed E-state index contributed by atoms with van der Waals surface area (Å²) in [5.41, 5.74) is 0.182. The van der Waals surface area contributed by atoms with E-state index in [9.17, 15) is 19.7 Å². The Hall–Kier alpha value is -3.42. The summed E-state index contributed by atoms with van der Waals surface area (Å²) >= 11 is 0. The van der Waals surface area contributed by atoms with Crippen molar-refractivity contribution in [1.29, 1.82) is 0 Å². The number of carbonyl (C=O) groups excluding carboxylic acids is 2. The van der Waals surface area contributed by atoms with Crippen LogP contribution in [0, 0.1) is 16.0 Å². The highest BCUT2D eigenvalue weighted by Gasteiger charge is 2.27. The maximum absolute atomic E-state index is 12.5. The number of amides is 1. The van der Waals surface area contributed by atoms with Gasteiger partial charge in [0.15, 0.2) is 0 Å². The molecule has 0 bridgehead atoms. The number of ether oxygens (including phenoxy) is 2. The molecule has 1 amide bonds. The number of benzene rings is 2. The highest BCUT2D eigenvalue weighted by molar-refractivity contribution is 5.97. The van der Waals surface area contributed by atoms with Gasteiger partial charge in [-0.25, -0.2) is 4.79 Å². The van der Waals surface area contributed by atoms with Gasteiger partial charge < -0.3 is 14.8 Å². The van der Waals surface area contributed by atoms with Crippen molar-refractivity contribution >= 4 is 17.6 Å². The molecule has 0 saturated heterocycles. The SMILES string of the molecule is CCOc1ccc(C(=O)N[C@H](C(=O)Oc2cccc([N+](=O)[O-])c2)C(C)C)cc1. The van der Waals surface area contributed by atoms with Crippen LogP contribution in [-0.4, -0.2) is 29.4 Å². The summed E-state index contributed by atoms with van der Waals surface area (Å²) in [6.45, 7) is 5.90. The van der Waals surface area contributed by atoms with E-state index >= 15 is 0 Å². The number of rotatable bonds is 8. The van der Waals surface area contributed by atoms with E-state index in [-0.39, 0.29) is 17.4 Å². The molecule has 8 heteroatoms. The first-order valence-electron chi connectivity index (χ1n) is 8.81. The highest BCUT2D eigenvalue weighted by atomic mass is 16.6. The van der Waals surface area contributed by atoms with Crippen molar-refractivity contribution < 1.29 is 24.0 Å². The largest absolute Gasteiger partial charge is 0.494 e. The molecule has 0 saturated carbocycles. The lowest BCUT2D eigenvalue weighted by Crippen LogP contribution is -2.46. The van der Waals surface area contributed by atoms with Crippen molar-refractivity contribution in [2.75, 3.05) is 6.61 Å². The molecule has 28 heavy (non-hydrogen) atoms. The number of nitro groups is 1. The zero-order valence-electron chi connectivity index (χ0n) is 15.9. The zero-order valence-corrected chi connectivity index (χ0v) is 15.9. The molecule has 148 valence electrons. The number of nitro benzene ring substituents is 1. The van der Waals surface area contributed by atoms with Crippen LogP contribution in [-0.2, 0) is 4.79 Å². The zero-order chi connectivity index (χ0) is 20.7. The van der Waals surface area contributed by atoms with Crippen LogP contribution >= 0.6 is 0 Å². The quantitative estimate of drug-likeness (QED) is 0.323. The average Bonchev–Trinajstić information content (AvgIpc) is 2.66. The van der Waals surface area contributed by atoms with Gasteiger partial charge in [0.25, 0.3) is 11.6 Å². The first kappa shape index (κ1) is 20.9. The van der Waals surface area contributed by atoms with E-state index < -0.39 is 22.8 Å². The van der Waals surface area contributed by atoms with Crippen LogP contribution in [0.15, 0.2) is 48.5 Å². The maximum atomic E-state index is 12.5. The molecule has 1 N–H and O–H groups in total. The maximum Gasteiger partial charge on any atom is 0.334 e. The number of nitrogens with zero attached hydrogens (tertiary/aromatic N) is 1. The van der Waals surface area contributed by atoms with Crippen LogP contribution in [0.3, 0.4) is 0 Å². The Morgan fingerprint density at radius 3 is 2.36 bits per heavy atom. The summed E-state index contributed by atoms with van der Waals surface area (Å²) in [4.78, 5) is 35.3. The minimum Gasteiger partial charge on any atom is -0.494 e. The molecular formula is C20H22N2O6. The van der Waals surface area contributed by atoms with E-state index in [4.69, 9.17) is 9.47 Å². The fourth-order valence-corrected chi connectivity index (χ4v) is 2.43. The van der Waals surface area contributed by atoms with Gasteiger partial charge in [0, 0.05) is 11.6 Å². The van der Waals surface area contributed by atoms with Crippen LogP contribution in [0.1, 0.15) is 31.1 Å². The lowest BCUT2D eigenvalue weighted by atomic mass is 10.0. The molecular weight excluding hydrogens is 364 g/mol. The number of non-ortho nitro benzene ring substituents is 1. The number of hydrogen-bond acceptors (Lipinski definition) is 6. The molecule has 0 aliphatic rings. The van der Waals surface area contributed by atoms with Gasteiger partial charge in [-0.2, -0.15) is 0 Å². The fourth-order valence-electron chi connectivity index (χ4n) is 2.43. The second kappa shape index (κ2) is 9.50. The molecule has 1 atom stereocenters. The van der Waals surface area contributed by atoms with Crippen LogP contribution in [0.25, 0.3) is 0 Å². The smallest absolute Gasteiger partial charge is 0.334 e. The van der Waals surface area contributed by atoms with Crippen molar-refractivity contribution in [2.45, 2.75) is 26.8 Å². The Bertz CT molecular complexity index is 848. The molecule has 2 rings (SSSR count). The molecule has 0 aliphatic heterocycles. The molecule has 8 nitrogen and oxygen atoms in total. The second-order valence-corrected chi connectivity index (χ2v) is 6.33. The normalized spacial score (nSPS) is 11.6. The minimum absolute atomic E-state index is 0.0418. The van der Waals surface area contributed by atoms with Gasteiger partial charge in [0.05, 0.1) is 17.6 Å². The standard InChI is InChI=1S/C20H22N2O6/c1-4-27-16-10-8-14(9-11-16)19(23)21-18(13(2)3)20(24)28-17-7-5-6-15(12-17)22(25)26/h5-13,18H,4H2,1-3H3,(H,21,23)/t18-/m0/s1. The summed E-state index contributed by atoms with van der Waals surface area (Å²) in [5, 5.41) is 13.5. The van der Waals surface area contributed by atoms with Crippen LogP contribution in [0.4, 0.5) is 5.69 Å². The molecule has 0 radical (unpaired) electrons.